The zero-order valence-electron chi connectivity index (χ0n) is 15.3. The van der Waals surface area contributed by atoms with E-state index in [0.717, 1.165) is 24.0 Å². The summed E-state index contributed by atoms with van der Waals surface area (Å²) in [5.41, 5.74) is 2.37. The second-order valence-corrected chi connectivity index (χ2v) is 6.72. The van der Waals surface area contributed by atoms with Gasteiger partial charge in [-0.15, -0.1) is 0 Å². The topological polar surface area (TPSA) is 60.7 Å². The summed E-state index contributed by atoms with van der Waals surface area (Å²) in [7, 11) is 0. The summed E-state index contributed by atoms with van der Waals surface area (Å²) in [6, 6.07) is 0. The van der Waals surface area contributed by atoms with Gasteiger partial charge >= 0.3 is 0 Å². The first-order chi connectivity index (χ1) is 10.7. The molecule has 0 radical (unpaired) electrons. The molecule has 23 heavy (non-hydrogen) atoms. The van der Waals surface area contributed by atoms with Crippen molar-refractivity contribution in [1.29, 1.82) is 0 Å². The van der Waals surface area contributed by atoms with Gasteiger partial charge in [-0.1, -0.05) is 41.5 Å². The van der Waals surface area contributed by atoms with Crippen molar-refractivity contribution in [2.75, 3.05) is 6.61 Å². The first-order valence-corrected chi connectivity index (χ1v) is 8.32. The normalized spacial score (nSPS) is 17.2. The predicted molar refractivity (Wildman–Crippen MR) is 98.3 cm³/mol. The summed E-state index contributed by atoms with van der Waals surface area (Å²) >= 11 is 0. The van der Waals surface area contributed by atoms with E-state index in [0.29, 0.717) is 12.8 Å². The van der Waals surface area contributed by atoms with Crippen molar-refractivity contribution in [1.82, 2.24) is 0 Å². The van der Waals surface area contributed by atoms with Crippen LogP contribution in [0, 0.1) is 0 Å². The first-order valence-electron chi connectivity index (χ1n) is 8.32. The number of allylic oxidation sites excluding steroid dienone is 4. The molecule has 0 aliphatic rings. The van der Waals surface area contributed by atoms with Gasteiger partial charge in [-0.3, -0.25) is 0 Å². The average molecular weight is 322 g/mol. The van der Waals surface area contributed by atoms with Crippen LogP contribution in [0.4, 0.5) is 0 Å². The van der Waals surface area contributed by atoms with E-state index >= 15 is 0 Å². The SMILES string of the molecule is CC(C)=CCC(O)C(C)=CCCC(C)(O)C=CCC(C)=CCO. The lowest BCUT2D eigenvalue weighted by Gasteiger charge is -2.18. The molecular formula is C20H34O3. The molecule has 2 atom stereocenters. The van der Waals surface area contributed by atoms with Gasteiger partial charge in [0.1, 0.15) is 0 Å². The van der Waals surface area contributed by atoms with Crippen molar-refractivity contribution in [3.63, 3.8) is 0 Å². The van der Waals surface area contributed by atoms with Crippen LogP contribution in [0.1, 0.15) is 60.3 Å². The molecule has 0 saturated carbocycles. The molecule has 132 valence electrons. The number of aliphatic hydroxyl groups is 3. The van der Waals surface area contributed by atoms with E-state index in [2.05, 4.69) is 0 Å². The standard InChI is InChI=1S/C20H34O3/c1-16(2)10-11-19(22)18(4)9-7-14-20(5,23)13-6-8-17(3)12-15-21/h6,9-10,12-13,19,21-23H,7-8,11,14-15H2,1-5H3. The average Bonchev–Trinajstić information content (AvgIpc) is 2.44. The van der Waals surface area contributed by atoms with E-state index in [4.69, 9.17) is 5.11 Å². The highest BCUT2D eigenvalue weighted by Gasteiger charge is 2.15. The fourth-order valence-corrected chi connectivity index (χ4v) is 2.08. The van der Waals surface area contributed by atoms with E-state index in [-0.39, 0.29) is 6.61 Å². The summed E-state index contributed by atoms with van der Waals surface area (Å²) in [4.78, 5) is 0. The highest BCUT2D eigenvalue weighted by Crippen LogP contribution is 2.17. The fraction of sp³-hybridized carbons (Fsp3) is 0.600. The van der Waals surface area contributed by atoms with Crippen molar-refractivity contribution in [3.05, 3.63) is 47.1 Å². The number of hydrogen-bond acceptors (Lipinski definition) is 3. The highest BCUT2D eigenvalue weighted by molar-refractivity contribution is 5.11. The number of aliphatic hydroxyl groups excluding tert-OH is 2. The molecule has 0 rings (SSSR count). The number of hydrogen-bond donors (Lipinski definition) is 3. The quantitative estimate of drug-likeness (QED) is 0.531. The monoisotopic (exact) mass is 322 g/mol. The third kappa shape index (κ3) is 12.0. The van der Waals surface area contributed by atoms with E-state index in [1.165, 1.54) is 5.57 Å². The summed E-state index contributed by atoms with van der Waals surface area (Å²) in [5, 5.41) is 29.2. The van der Waals surface area contributed by atoms with Gasteiger partial charge in [-0.2, -0.15) is 0 Å². The van der Waals surface area contributed by atoms with Crippen LogP contribution in [0.2, 0.25) is 0 Å². The Balaban J connectivity index is 4.36. The molecule has 3 heteroatoms. The minimum atomic E-state index is -0.860. The van der Waals surface area contributed by atoms with Crippen molar-refractivity contribution in [3.8, 4) is 0 Å². The summed E-state index contributed by atoms with van der Waals surface area (Å²) < 4.78 is 0. The molecule has 0 aromatic carbocycles. The van der Waals surface area contributed by atoms with Gasteiger partial charge in [0.05, 0.1) is 18.3 Å². The maximum atomic E-state index is 10.3. The first kappa shape index (κ1) is 21.8. The Kier molecular flexibility index (Phi) is 10.8. The van der Waals surface area contributed by atoms with Crippen LogP contribution in [-0.4, -0.2) is 33.6 Å². The minimum absolute atomic E-state index is 0.0508. The van der Waals surface area contributed by atoms with E-state index in [1.54, 1.807) is 13.0 Å². The van der Waals surface area contributed by atoms with Crippen molar-refractivity contribution in [2.24, 2.45) is 0 Å². The molecule has 3 N–H and O–H groups in total. The molecule has 0 saturated heterocycles. The molecule has 0 fully saturated rings. The van der Waals surface area contributed by atoms with Crippen LogP contribution in [0.5, 0.6) is 0 Å². The lowest BCUT2D eigenvalue weighted by atomic mass is 9.97. The molecule has 0 spiro atoms. The molecule has 0 aromatic rings. The van der Waals surface area contributed by atoms with Crippen LogP contribution >= 0.6 is 0 Å². The third-order valence-corrected chi connectivity index (χ3v) is 3.75. The highest BCUT2D eigenvalue weighted by atomic mass is 16.3. The summed E-state index contributed by atoms with van der Waals surface area (Å²) in [6.45, 7) is 9.76. The number of rotatable bonds is 10. The zero-order valence-corrected chi connectivity index (χ0v) is 15.3. The van der Waals surface area contributed by atoms with Crippen molar-refractivity contribution < 1.29 is 15.3 Å². The smallest absolute Gasteiger partial charge is 0.0802 e. The minimum Gasteiger partial charge on any atom is -0.392 e. The Morgan fingerprint density at radius 3 is 2.30 bits per heavy atom. The van der Waals surface area contributed by atoms with Crippen LogP contribution in [0.25, 0.3) is 0 Å². The second kappa shape index (κ2) is 11.4. The van der Waals surface area contributed by atoms with Gasteiger partial charge in [0, 0.05) is 0 Å². The molecule has 0 aliphatic carbocycles. The van der Waals surface area contributed by atoms with Crippen molar-refractivity contribution in [2.45, 2.75) is 72.0 Å². The van der Waals surface area contributed by atoms with Gasteiger partial charge in [-0.25, -0.2) is 0 Å². The molecule has 0 bridgehead atoms. The Labute approximate surface area is 141 Å². The third-order valence-electron chi connectivity index (χ3n) is 3.75. The van der Waals surface area contributed by atoms with Crippen LogP contribution in [-0.2, 0) is 0 Å². The molecule has 0 heterocycles. The van der Waals surface area contributed by atoms with Gasteiger partial charge in [0.25, 0.3) is 0 Å². The maximum Gasteiger partial charge on any atom is 0.0802 e. The lowest BCUT2D eigenvalue weighted by molar-refractivity contribution is 0.102. The van der Waals surface area contributed by atoms with E-state index < -0.39 is 11.7 Å². The summed E-state index contributed by atoms with van der Waals surface area (Å²) in [5.74, 6) is 0. The Morgan fingerprint density at radius 2 is 1.74 bits per heavy atom. The largest absolute Gasteiger partial charge is 0.392 e. The van der Waals surface area contributed by atoms with Crippen LogP contribution < -0.4 is 0 Å². The predicted octanol–water partition coefficient (Wildman–Crippen LogP) is 4.07. The maximum absolute atomic E-state index is 10.3. The van der Waals surface area contributed by atoms with Gasteiger partial charge in [-0.05, 0) is 65.9 Å². The van der Waals surface area contributed by atoms with Crippen molar-refractivity contribution >= 4 is 0 Å². The Bertz CT molecular complexity index is 450. The van der Waals surface area contributed by atoms with E-state index in [1.807, 2.05) is 52.0 Å². The molecule has 2 unspecified atom stereocenters. The lowest BCUT2D eigenvalue weighted by Crippen LogP contribution is -2.20. The zero-order chi connectivity index (χ0) is 17.9. The Hall–Kier alpha value is -1.16. The van der Waals surface area contributed by atoms with E-state index in [9.17, 15) is 10.2 Å². The Morgan fingerprint density at radius 1 is 1.09 bits per heavy atom. The van der Waals surface area contributed by atoms with Crippen LogP contribution in [0.15, 0.2) is 47.1 Å². The molecule has 0 amide bonds. The van der Waals surface area contributed by atoms with Crippen LogP contribution in [0.3, 0.4) is 0 Å². The van der Waals surface area contributed by atoms with Gasteiger partial charge < -0.3 is 15.3 Å². The summed E-state index contributed by atoms with van der Waals surface area (Å²) in [6.07, 6.45) is 11.8. The van der Waals surface area contributed by atoms with Gasteiger partial charge in [0.2, 0.25) is 0 Å². The fourth-order valence-electron chi connectivity index (χ4n) is 2.08. The molecule has 0 aromatic heterocycles. The molecule has 0 aliphatic heterocycles. The van der Waals surface area contributed by atoms with Gasteiger partial charge in [0.15, 0.2) is 0 Å². The molecular weight excluding hydrogens is 288 g/mol. The second-order valence-electron chi connectivity index (χ2n) is 6.72. The molecule has 3 nitrogen and oxygen atoms in total.